The summed E-state index contributed by atoms with van der Waals surface area (Å²) in [7, 11) is 2.67. The monoisotopic (exact) mass is 528 g/mol. The SMILES string of the molecule is COc1cc(OC)c2c(=O)c(OS(=O)(=O)c3ccccc3)c(-c3cc(OC)c(OC)c(OC)c3)oc2c1. The normalized spacial score (nSPS) is 11.2. The zero-order valence-corrected chi connectivity index (χ0v) is 21.5. The fraction of sp³-hybridized carbons (Fsp3) is 0.192. The van der Waals surface area contributed by atoms with E-state index in [2.05, 4.69) is 0 Å². The molecule has 0 N–H and O–H groups in total. The Labute approximate surface area is 213 Å². The van der Waals surface area contributed by atoms with Gasteiger partial charge in [-0.15, -0.1) is 0 Å². The van der Waals surface area contributed by atoms with Crippen molar-refractivity contribution in [3.05, 3.63) is 64.8 Å². The van der Waals surface area contributed by atoms with Crippen LogP contribution >= 0.6 is 0 Å². The number of fused-ring (bicyclic) bond motifs is 1. The van der Waals surface area contributed by atoms with Gasteiger partial charge in [-0.3, -0.25) is 4.79 Å². The molecule has 1 heterocycles. The molecule has 11 heteroatoms. The van der Waals surface area contributed by atoms with E-state index in [0.29, 0.717) is 11.5 Å². The van der Waals surface area contributed by atoms with Crippen molar-refractivity contribution in [2.45, 2.75) is 4.90 Å². The van der Waals surface area contributed by atoms with Crippen LogP contribution in [0.4, 0.5) is 0 Å². The minimum Gasteiger partial charge on any atom is -0.496 e. The molecule has 37 heavy (non-hydrogen) atoms. The van der Waals surface area contributed by atoms with Crippen LogP contribution in [0.15, 0.2) is 68.7 Å². The molecule has 0 spiro atoms. The van der Waals surface area contributed by atoms with Gasteiger partial charge in [-0.05, 0) is 24.3 Å². The second-order valence-corrected chi connectivity index (χ2v) is 9.10. The van der Waals surface area contributed by atoms with Crippen LogP contribution in [0.25, 0.3) is 22.3 Å². The summed E-state index contributed by atoms with van der Waals surface area (Å²) < 4.78 is 64.7. The summed E-state index contributed by atoms with van der Waals surface area (Å²) in [6, 6.07) is 13.4. The largest absolute Gasteiger partial charge is 0.496 e. The van der Waals surface area contributed by atoms with Crippen molar-refractivity contribution >= 4 is 21.1 Å². The second-order valence-electron chi connectivity index (χ2n) is 7.56. The molecule has 0 aliphatic carbocycles. The number of rotatable bonds is 9. The summed E-state index contributed by atoms with van der Waals surface area (Å²) in [6.07, 6.45) is 0. The minimum absolute atomic E-state index is 0.0299. The van der Waals surface area contributed by atoms with Gasteiger partial charge in [-0.1, -0.05) is 18.2 Å². The average Bonchev–Trinajstić information content (AvgIpc) is 2.93. The van der Waals surface area contributed by atoms with Crippen molar-refractivity contribution < 1.29 is 40.7 Å². The van der Waals surface area contributed by atoms with E-state index < -0.39 is 21.3 Å². The fourth-order valence-electron chi connectivity index (χ4n) is 3.74. The smallest absolute Gasteiger partial charge is 0.339 e. The lowest BCUT2D eigenvalue weighted by atomic mass is 10.1. The molecule has 0 saturated heterocycles. The van der Waals surface area contributed by atoms with E-state index in [1.54, 1.807) is 6.07 Å². The highest BCUT2D eigenvalue weighted by molar-refractivity contribution is 7.87. The molecule has 0 fully saturated rings. The van der Waals surface area contributed by atoms with E-state index >= 15 is 0 Å². The van der Waals surface area contributed by atoms with Crippen molar-refractivity contribution in [2.75, 3.05) is 35.5 Å². The average molecular weight is 529 g/mol. The summed E-state index contributed by atoms with van der Waals surface area (Å²) in [6.45, 7) is 0. The van der Waals surface area contributed by atoms with Crippen LogP contribution in [0.2, 0.25) is 0 Å². The summed E-state index contributed by atoms with van der Waals surface area (Å²) >= 11 is 0. The van der Waals surface area contributed by atoms with Crippen LogP contribution in [0.1, 0.15) is 0 Å². The number of benzene rings is 3. The van der Waals surface area contributed by atoms with Crippen LogP contribution in [0.5, 0.6) is 34.5 Å². The lowest BCUT2D eigenvalue weighted by molar-refractivity contribution is 0.324. The molecule has 0 amide bonds. The van der Waals surface area contributed by atoms with Crippen LogP contribution in [-0.2, 0) is 10.1 Å². The lowest BCUT2D eigenvalue weighted by Gasteiger charge is -2.16. The molecule has 0 bridgehead atoms. The Morgan fingerprint density at radius 3 is 1.86 bits per heavy atom. The third-order valence-electron chi connectivity index (χ3n) is 5.50. The lowest BCUT2D eigenvalue weighted by Crippen LogP contribution is -2.17. The predicted octanol–water partition coefficient (Wildman–Crippen LogP) is 4.27. The molecular weight excluding hydrogens is 504 g/mol. The van der Waals surface area contributed by atoms with Crippen molar-refractivity contribution in [1.29, 1.82) is 0 Å². The molecule has 4 aromatic rings. The number of ether oxygens (including phenoxy) is 5. The van der Waals surface area contributed by atoms with Gasteiger partial charge in [0, 0.05) is 17.7 Å². The van der Waals surface area contributed by atoms with Crippen molar-refractivity contribution in [3.63, 3.8) is 0 Å². The number of methoxy groups -OCH3 is 5. The summed E-state index contributed by atoms with van der Waals surface area (Å²) in [5.41, 5.74) is -0.466. The zero-order chi connectivity index (χ0) is 26.7. The third kappa shape index (κ3) is 4.73. The first-order valence-corrected chi connectivity index (χ1v) is 12.2. The van der Waals surface area contributed by atoms with E-state index in [9.17, 15) is 13.2 Å². The van der Waals surface area contributed by atoms with Crippen molar-refractivity contribution in [3.8, 4) is 45.8 Å². The van der Waals surface area contributed by atoms with Gasteiger partial charge in [-0.25, -0.2) is 0 Å². The Morgan fingerprint density at radius 1 is 0.703 bits per heavy atom. The third-order valence-corrected chi connectivity index (χ3v) is 6.73. The van der Waals surface area contributed by atoms with Gasteiger partial charge in [0.05, 0.1) is 35.5 Å². The summed E-state index contributed by atoms with van der Waals surface area (Å²) in [5, 5.41) is -0.0299. The molecule has 4 rings (SSSR count). The first kappa shape index (κ1) is 25.7. The van der Waals surface area contributed by atoms with E-state index in [-0.39, 0.29) is 44.4 Å². The maximum atomic E-state index is 13.8. The first-order chi connectivity index (χ1) is 17.8. The zero-order valence-electron chi connectivity index (χ0n) is 20.7. The van der Waals surface area contributed by atoms with Gasteiger partial charge in [0.2, 0.25) is 16.9 Å². The highest BCUT2D eigenvalue weighted by atomic mass is 32.2. The number of hydrogen-bond donors (Lipinski definition) is 0. The Balaban J connectivity index is 2.08. The molecule has 0 radical (unpaired) electrons. The van der Waals surface area contributed by atoms with Gasteiger partial charge in [0.15, 0.2) is 17.3 Å². The quantitative estimate of drug-likeness (QED) is 0.291. The molecule has 10 nitrogen and oxygen atoms in total. The predicted molar refractivity (Wildman–Crippen MR) is 135 cm³/mol. The minimum atomic E-state index is -4.42. The summed E-state index contributed by atoms with van der Waals surface area (Å²) in [4.78, 5) is 13.6. The van der Waals surface area contributed by atoms with E-state index in [1.165, 1.54) is 84.1 Å². The van der Waals surface area contributed by atoms with Crippen LogP contribution in [-0.4, -0.2) is 44.0 Å². The van der Waals surface area contributed by atoms with Gasteiger partial charge in [0.1, 0.15) is 27.4 Å². The topological polar surface area (TPSA) is 120 Å². The molecule has 3 aromatic carbocycles. The first-order valence-electron chi connectivity index (χ1n) is 10.8. The Kier molecular flexibility index (Phi) is 7.16. The molecule has 1 aromatic heterocycles. The molecule has 0 unspecified atom stereocenters. The number of hydrogen-bond acceptors (Lipinski definition) is 10. The second kappa shape index (κ2) is 10.3. The maximum absolute atomic E-state index is 13.8. The van der Waals surface area contributed by atoms with Crippen LogP contribution in [0, 0.1) is 0 Å². The van der Waals surface area contributed by atoms with Crippen LogP contribution < -0.4 is 33.3 Å². The van der Waals surface area contributed by atoms with Crippen molar-refractivity contribution in [1.82, 2.24) is 0 Å². The Hall–Kier alpha value is -4.38. The molecular formula is C26H24O10S. The Morgan fingerprint density at radius 2 is 1.32 bits per heavy atom. The molecule has 0 aliphatic heterocycles. The maximum Gasteiger partial charge on any atom is 0.339 e. The molecule has 0 aliphatic rings. The molecule has 0 atom stereocenters. The standard InChI is InChI=1S/C26H24O10S/c1-30-16-13-18(31-2)22-19(14-16)35-24(15-11-20(32-3)25(34-5)21(12-15)33-4)26(23(22)27)36-37(28,29)17-9-7-6-8-10-17/h6-14H,1-5H3. The Bertz CT molecular complexity index is 1580. The molecule has 194 valence electrons. The molecule has 0 saturated carbocycles. The van der Waals surface area contributed by atoms with Gasteiger partial charge < -0.3 is 32.3 Å². The van der Waals surface area contributed by atoms with E-state index in [4.69, 9.17) is 32.3 Å². The highest BCUT2D eigenvalue weighted by Gasteiger charge is 2.28. The fourth-order valence-corrected chi connectivity index (χ4v) is 4.70. The van der Waals surface area contributed by atoms with Crippen LogP contribution in [0.3, 0.4) is 0 Å². The highest BCUT2D eigenvalue weighted by Crippen LogP contribution is 2.44. The summed E-state index contributed by atoms with van der Waals surface area (Å²) in [5.74, 6) is 0.495. The van der Waals surface area contributed by atoms with Gasteiger partial charge in [-0.2, -0.15) is 8.42 Å². The van der Waals surface area contributed by atoms with Gasteiger partial charge in [0.25, 0.3) is 0 Å². The van der Waals surface area contributed by atoms with E-state index in [0.717, 1.165) is 0 Å². The van der Waals surface area contributed by atoms with Crippen molar-refractivity contribution in [2.24, 2.45) is 0 Å². The van der Waals surface area contributed by atoms with Gasteiger partial charge >= 0.3 is 10.1 Å². The van der Waals surface area contributed by atoms with E-state index in [1.807, 2.05) is 0 Å².